The van der Waals surface area contributed by atoms with Gasteiger partial charge in [-0.2, -0.15) is 0 Å². The van der Waals surface area contributed by atoms with E-state index in [1.54, 1.807) is 18.2 Å². The van der Waals surface area contributed by atoms with Crippen molar-refractivity contribution in [2.45, 2.75) is 19.9 Å². The van der Waals surface area contributed by atoms with Gasteiger partial charge in [-0.15, -0.1) is 0 Å². The number of carboxylic acids is 1. The molecule has 1 atom stereocenters. The van der Waals surface area contributed by atoms with E-state index in [1.807, 2.05) is 30.3 Å². The van der Waals surface area contributed by atoms with E-state index < -0.39 is 12.0 Å². The molecule has 0 saturated heterocycles. The predicted octanol–water partition coefficient (Wildman–Crippen LogP) is 3.00. The molecule has 1 unspecified atom stereocenters. The summed E-state index contributed by atoms with van der Waals surface area (Å²) in [5.41, 5.74) is 1.32. The fraction of sp³-hybridized carbons (Fsp3) is 0.333. The van der Waals surface area contributed by atoms with Crippen LogP contribution in [0.1, 0.15) is 35.8 Å². The van der Waals surface area contributed by atoms with E-state index in [0.717, 1.165) is 25.2 Å². The summed E-state index contributed by atoms with van der Waals surface area (Å²) in [4.78, 5) is 26.6. The van der Waals surface area contributed by atoms with Gasteiger partial charge in [0, 0.05) is 18.8 Å². The summed E-state index contributed by atoms with van der Waals surface area (Å²) < 4.78 is 0. The van der Waals surface area contributed by atoms with Gasteiger partial charge in [-0.1, -0.05) is 56.3 Å². The highest BCUT2D eigenvalue weighted by molar-refractivity contribution is 5.95. The Morgan fingerprint density at radius 1 is 1.00 bits per heavy atom. The molecule has 2 rings (SSSR count). The Hall–Kier alpha value is -2.86. The first-order chi connectivity index (χ1) is 13.1. The van der Waals surface area contributed by atoms with Gasteiger partial charge in [0.2, 0.25) is 5.91 Å². The van der Waals surface area contributed by atoms with Crippen LogP contribution in [0.5, 0.6) is 0 Å². The second kappa shape index (κ2) is 10.3. The number of amides is 1. The van der Waals surface area contributed by atoms with Crippen molar-refractivity contribution in [3.63, 3.8) is 0 Å². The van der Waals surface area contributed by atoms with Crippen LogP contribution >= 0.6 is 0 Å². The number of nitrogens with one attached hydrogen (secondary N) is 2. The number of rotatable bonds is 10. The SMILES string of the molecule is CCN(CC)CCNC(=O)C(Nc1ccccc1C(=O)O)c1ccccc1. The molecule has 6 nitrogen and oxygen atoms in total. The second-order valence-electron chi connectivity index (χ2n) is 6.16. The molecular weight excluding hydrogens is 342 g/mol. The zero-order valence-electron chi connectivity index (χ0n) is 15.8. The predicted molar refractivity (Wildman–Crippen MR) is 107 cm³/mol. The van der Waals surface area contributed by atoms with Gasteiger partial charge < -0.3 is 20.6 Å². The maximum absolute atomic E-state index is 12.8. The molecule has 0 saturated carbocycles. The molecule has 0 spiro atoms. The normalized spacial score (nSPS) is 11.8. The summed E-state index contributed by atoms with van der Waals surface area (Å²) in [7, 11) is 0. The Bertz CT molecular complexity index is 745. The van der Waals surface area contributed by atoms with Gasteiger partial charge in [0.05, 0.1) is 5.56 Å². The standard InChI is InChI=1S/C21H27N3O3/c1-3-24(4-2)15-14-22-20(25)19(16-10-6-5-7-11-16)23-18-13-9-8-12-17(18)21(26)27/h5-13,19,23H,3-4,14-15H2,1-2H3,(H,22,25)(H,26,27). The number of hydrogen-bond acceptors (Lipinski definition) is 4. The van der Waals surface area contributed by atoms with Crippen LogP contribution in [0.4, 0.5) is 5.69 Å². The molecule has 2 aromatic rings. The van der Waals surface area contributed by atoms with Crippen molar-refractivity contribution < 1.29 is 14.7 Å². The molecule has 0 radical (unpaired) electrons. The van der Waals surface area contributed by atoms with Crippen LogP contribution in [0.25, 0.3) is 0 Å². The third kappa shape index (κ3) is 5.82. The quantitative estimate of drug-likeness (QED) is 0.600. The third-order valence-electron chi connectivity index (χ3n) is 4.47. The number of para-hydroxylation sites is 1. The summed E-state index contributed by atoms with van der Waals surface area (Å²) in [6, 6.07) is 15.2. The first kappa shape index (κ1) is 20.5. The van der Waals surface area contributed by atoms with E-state index in [0.29, 0.717) is 12.2 Å². The molecule has 1 amide bonds. The Morgan fingerprint density at radius 2 is 1.63 bits per heavy atom. The lowest BCUT2D eigenvalue weighted by atomic mass is 10.0. The van der Waals surface area contributed by atoms with E-state index in [1.165, 1.54) is 6.07 Å². The van der Waals surface area contributed by atoms with Crippen LogP contribution in [-0.4, -0.2) is 48.1 Å². The maximum Gasteiger partial charge on any atom is 0.337 e. The summed E-state index contributed by atoms with van der Waals surface area (Å²) in [6.07, 6.45) is 0. The Balaban J connectivity index is 2.18. The van der Waals surface area contributed by atoms with Gasteiger partial charge in [-0.3, -0.25) is 4.79 Å². The zero-order valence-corrected chi connectivity index (χ0v) is 15.8. The number of benzene rings is 2. The molecule has 144 valence electrons. The number of nitrogens with zero attached hydrogens (tertiary/aromatic N) is 1. The van der Waals surface area contributed by atoms with E-state index >= 15 is 0 Å². The minimum absolute atomic E-state index is 0.134. The summed E-state index contributed by atoms with van der Waals surface area (Å²) in [5.74, 6) is -1.22. The fourth-order valence-corrected chi connectivity index (χ4v) is 2.88. The van der Waals surface area contributed by atoms with E-state index in [4.69, 9.17) is 0 Å². The zero-order chi connectivity index (χ0) is 19.6. The maximum atomic E-state index is 12.8. The number of aromatic carboxylic acids is 1. The number of carbonyl (C=O) groups excluding carboxylic acids is 1. The van der Waals surface area contributed by atoms with Gasteiger partial charge in [-0.25, -0.2) is 4.79 Å². The Morgan fingerprint density at radius 3 is 2.26 bits per heavy atom. The number of carboxylic acid groups (broad SMARTS) is 1. The molecule has 0 aliphatic heterocycles. The van der Waals surface area contributed by atoms with Crippen molar-refractivity contribution in [3.05, 3.63) is 65.7 Å². The molecule has 0 fully saturated rings. The fourth-order valence-electron chi connectivity index (χ4n) is 2.88. The lowest BCUT2D eigenvalue weighted by molar-refractivity contribution is -0.122. The Kier molecular flexibility index (Phi) is 7.82. The number of likely N-dealkylation sites (N-methyl/N-ethyl adjacent to an activating group) is 1. The number of carbonyl (C=O) groups is 2. The van der Waals surface area contributed by atoms with Crippen molar-refractivity contribution in [1.82, 2.24) is 10.2 Å². The van der Waals surface area contributed by atoms with Gasteiger partial charge in [0.25, 0.3) is 0 Å². The van der Waals surface area contributed by atoms with Crippen LogP contribution in [-0.2, 0) is 4.79 Å². The Labute approximate surface area is 160 Å². The molecule has 0 aromatic heterocycles. The van der Waals surface area contributed by atoms with Crippen molar-refractivity contribution in [2.75, 3.05) is 31.5 Å². The van der Waals surface area contributed by atoms with Crippen molar-refractivity contribution in [2.24, 2.45) is 0 Å². The van der Waals surface area contributed by atoms with Gasteiger partial charge >= 0.3 is 5.97 Å². The van der Waals surface area contributed by atoms with Crippen LogP contribution in [0.3, 0.4) is 0 Å². The molecule has 27 heavy (non-hydrogen) atoms. The highest BCUT2D eigenvalue weighted by atomic mass is 16.4. The van der Waals surface area contributed by atoms with Gasteiger partial charge in [0.15, 0.2) is 0 Å². The average molecular weight is 369 g/mol. The molecule has 2 aromatic carbocycles. The number of anilines is 1. The topological polar surface area (TPSA) is 81.7 Å². The van der Waals surface area contributed by atoms with Crippen molar-refractivity contribution in [1.29, 1.82) is 0 Å². The first-order valence-corrected chi connectivity index (χ1v) is 9.20. The number of hydrogen-bond donors (Lipinski definition) is 3. The van der Waals surface area contributed by atoms with E-state index in [2.05, 4.69) is 29.4 Å². The first-order valence-electron chi connectivity index (χ1n) is 9.20. The lowest BCUT2D eigenvalue weighted by Crippen LogP contribution is -2.39. The average Bonchev–Trinajstić information content (AvgIpc) is 2.70. The third-order valence-corrected chi connectivity index (χ3v) is 4.47. The molecule has 3 N–H and O–H groups in total. The van der Waals surface area contributed by atoms with E-state index in [-0.39, 0.29) is 11.5 Å². The van der Waals surface area contributed by atoms with Crippen LogP contribution in [0, 0.1) is 0 Å². The minimum atomic E-state index is -1.04. The molecule has 0 aliphatic carbocycles. The molecular formula is C21H27N3O3. The van der Waals surface area contributed by atoms with Crippen LogP contribution < -0.4 is 10.6 Å². The molecule has 0 aliphatic rings. The van der Waals surface area contributed by atoms with Crippen molar-refractivity contribution in [3.8, 4) is 0 Å². The monoisotopic (exact) mass is 369 g/mol. The summed E-state index contributed by atoms with van der Waals surface area (Å²) in [6.45, 7) is 7.33. The highest BCUT2D eigenvalue weighted by Crippen LogP contribution is 2.23. The van der Waals surface area contributed by atoms with Crippen molar-refractivity contribution >= 4 is 17.6 Å². The van der Waals surface area contributed by atoms with Crippen LogP contribution in [0.15, 0.2) is 54.6 Å². The lowest BCUT2D eigenvalue weighted by Gasteiger charge is -2.23. The van der Waals surface area contributed by atoms with E-state index in [9.17, 15) is 14.7 Å². The van der Waals surface area contributed by atoms with Gasteiger partial charge in [-0.05, 0) is 30.8 Å². The highest BCUT2D eigenvalue weighted by Gasteiger charge is 2.22. The molecule has 0 bridgehead atoms. The minimum Gasteiger partial charge on any atom is -0.478 e. The largest absolute Gasteiger partial charge is 0.478 e. The molecule has 6 heteroatoms. The smallest absolute Gasteiger partial charge is 0.337 e. The van der Waals surface area contributed by atoms with Crippen LogP contribution in [0.2, 0.25) is 0 Å². The summed E-state index contributed by atoms with van der Waals surface area (Å²) >= 11 is 0. The summed E-state index contributed by atoms with van der Waals surface area (Å²) in [5, 5.41) is 15.5. The second-order valence-corrected chi connectivity index (χ2v) is 6.16. The molecule has 0 heterocycles. The van der Waals surface area contributed by atoms with Gasteiger partial charge in [0.1, 0.15) is 6.04 Å².